The van der Waals surface area contributed by atoms with Crippen molar-refractivity contribution in [2.75, 3.05) is 17.7 Å². The minimum absolute atomic E-state index is 0.120. The van der Waals surface area contributed by atoms with Crippen LogP contribution in [-0.4, -0.2) is 27.4 Å². The van der Waals surface area contributed by atoms with Gasteiger partial charge in [-0.25, -0.2) is 9.48 Å². The van der Waals surface area contributed by atoms with E-state index < -0.39 is 11.0 Å². The molecule has 0 aliphatic heterocycles. The molecule has 0 atom stereocenters. The zero-order chi connectivity index (χ0) is 21.1. The molecule has 0 fully saturated rings. The van der Waals surface area contributed by atoms with Gasteiger partial charge in [-0.1, -0.05) is 18.2 Å². The summed E-state index contributed by atoms with van der Waals surface area (Å²) in [6, 6.07) is 12.2. The lowest BCUT2D eigenvalue weighted by Crippen LogP contribution is -2.25. The Morgan fingerprint density at radius 2 is 1.83 bits per heavy atom. The number of nitro groups is 1. The quantitative estimate of drug-likeness (QED) is 0.506. The lowest BCUT2D eigenvalue weighted by atomic mass is 10.2. The summed E-state index contributed by atoms with van der Waals surface area (Å²) in [7, 11) is 3.05. The van der Waals surface area contributed by atoms with Crippen molar-refractivity contribution >= 4 is 23.1 Å². The summed E-state index contributed by atoms with van der Waals surface area (Å²) in [4.78, 5) is 35.6. The molecule has 10 heteroatoms. The van der Waals surface area contributed by atoms with Crippen molar-refractivity contribution in [2.24, 2.45) is 7.05 Å². The zero-order valence-corrected chi connectivity index (χ0v) is 16.0. The number of amides is 2. The Morgan fingerprint density at radius 1 is 1.14 bits per heavy atom. The Hall–Kier alpha value is -4.08. The Balaban J connectivity index is 1.87. The predicted molar refractivity (Wildman–Crippen MR) is 108 cm³/mol. The molecule has 1 aromatic heterocycles. The summed E-state index contributed by atoms with van der Waals surface area (Å²) < 4.78 is 8.18. The molecule has 150 valence electrons. The first-order valence-corrected chi connectivity index (χ1v) is 8.58. The number of carbonyl (C=O) groups excluding carboxylic acids is 1. The fourth-order valence-corrected chi connectivity index (χ4v) is 2.88. The van der Waals surface area contributed by atoms with Crippen LogP contribution in [0.3, 0.4) is 0 Å². The van der Waals surface area contributed by atoms with Gasteiger partial charge in [0, 0.05) is 13.1 Å². The molecule has 0 radical (unpaired) electrons. The highest BCUT2D eigenvalue weighted by Gasteiger charge is 2.19. The van der Waals surface area contributed by atoms with Crippen molar-refractivity contribution in [2.45, 2.75) is 6.92 Å². The monoisotopic (exact) mass is 397 g/mol. The van der Waals surface area contributed by atoms with Gasteiger partial charge in [-0.3, -0.25) is 19.6 Å². The van der Waals surface area contributed by atoms with Crippen LogP contribution >= 0.6 is 0 Å². The van der Waals surface area contributed by atoms with E-state index in [9.17, 15) is 19.7 Å². The molecule has 0 saturated carbocycles. The van der Waals surface area contributed by atoms with Gasteiger partial charge >= 0.3 is 6.03 Å². The van der Waals surface area contributed by atoms with Gasteiger partial charge in [-0.2, -0.15) is 0 Å². The van der Waals surface area contributed by atoms with Gasteiger partial charge in [0.25, 0.3) is 11.2 Å². The van der Waals surface area contributed by atoms with Crippen LogP contribution in [-0.2, 0) is 7.05 Å². The maximum Gasteiger partial charge on any atom is 0.323 e. The van der Waals surface area contributed by atoms with Crippen molar-refractivity contribution in [1.82, 2.24) is 9.36 Å². The van der Waals surface area contributed by atoms with E-state index in [0.717, 1.165) is 0 Å². The lowest BCUT2D eigenvalue weighted by Gasteiger charge is -2.10. The van der Waals surface area contributed by atoms with Crippen LogP contribution in [0, 0.1) is 17.0 Å². The fraction of sp³-hybridized carbons (Fsp3) is 0.158. The standard InChI is InChI=1S/C19H19N5O5/c1-12-17(18(25)23(22(12)2)13-7-5-4-6-8-13)21-19(26)20-15-10-9-14(24(27)28)11-16(15)29-3/h4-11H,1-3H3,(H2,20,21,26). The molecule has 10 nitrogen and oxygen atoms in total. The third-order valence-electron chi connectivity index (χ3n) is 4.44. The number of nitrogens with one attached hydrogen (secondary N) is 2. The predicted octanol–water partition coefficient (Wildman–Crippen LogP) is 3.05. The number of aromatic nitrogens is 2. The molecule has 2 N–H and O–H groups in total. The lowest BCUT2D eigenvalue weighted by molar-refractivity contribution is -0.384. The molecular formula is C19H19N5O5. The molecule has 0 saturated heterocycles. The summed E-state index contributed by atoms with van der Waals surface area (Å²) >= 11 is 0. The summed E-state index contributed by atoms with van der Waals surface area (Å²) in [5.41, 5.74) is 1.01. The second-order valence-electron chi connectivity index (χ2n) is 6.16. The van der Waals surface area contributed by atoms with E-state index in [1.54, 1.807) is 30.8 Å². The van der Waals surface area contributed by atoms with E-state index >= 15 is 0 Å². The van der Waals surface area contributed by atoms with Gasteiger partial charge in [0.1, 0.15) is 11.4 Å². The second-order valence-corrected chi connectivity index (χ2v) is 6.16. The first kappa shape index (κ1) is 19.7. The van der Waals surface area contributed by atoms with Crippen LogP contribution in [0.4, 0.5) is 21.9 Å². The third kappa shape index (κ3) is 3.81. The molecule has 1 heterocycles. The maximum atomic E-state index is 12.8. The molecule has 2 aromatic carbocycles. The Kier molecular flexibility index (Phi) is 5.35. The molecule has 3 rings (SSSR count). The summed E-state index contributed by atoms with van der Waals surface area (Å²) in [6.45, 7) is 1.71. The highest BCUT2D eigenvalue weighted by atomic mass is 16.6. The number of benzene rings is 2. The van der Waals surface area contributed by atoms with Crippen molar-refractivity contribution in [3.63, 3.8) is 0 Å². The molecule has 0 unspecified atom stereocenters. The maximum absolute atomic E-state index is 12.8. The molecule has 0 spiro atoms. The van der Waals surface area contributed by atoms with E-state index in [4.69, 9.17) is 4.74 Å². The smallest absolute Gasteiger partial charge is 0.323 e. The molecule has 0 bridgehead atoms. The van der Waals surface area contributed by atoms with Gasteiger partial charge in [0.2, 0.25) is 0 Å². The number of urea groups is 1. The summed E-state index contributed by atoms with van der Waals surface area (Å²) in [6.07, 6.45) is 0. The second kappa shape index (κ2) is 7.89. The Labute approximate surface area is 165 Å². The van der Waals surface area contributed by atoms with Crippen LogP contribution in [0.5, 0.6) is 5.75 Å². The number of non-ortho nitro benzene ring substituents is 1. The van der Waals surface area contributed by atoms with Gasteiger partial charge < -0.3 is 15.4 Å². The molecule has 0 aliphatic carbocycles. The summed E-state index contributed by atoms with van der Waals surface area (Å²) in [5, 5.41) is 16.0. The van der Waals surface area contributed by atoms with E-state index in [2.05, 4.69) is 10.6 Å². The number of methoxy groups -OCH3 is 1. The first-order chi connectivity index (χ1) is 13.8. The third-order valence-corrected chi connectivity index (χ3v) is 4.44. The number of nitro benzene ring substituents is 1. The largest absolute Gasteiger partial charge is 0.494 e. The number of hydrogen-bond acceptors (Lipinski definition) is 5. The molecule has 3 aromatic rings. The van der Waals surface area contributed by atoms with E-state index in [0.29, 0.717) is 11.4 Å². The highest BCUT2D eigenvalue weighted by Crippen LogP contribution is 2.29. The van der Waals surface area contributed by atoms with E-state index in [1.807, 2.05) is 18.2 Å². The SMILES string of the molecule is COc1cc([N+](=O)[O-])ccc1NC(=O)Nc1c(C)n(C)n(-c2ccccc2)c1=O. The van der Waals surface area contributed by atoms with Crippen LogP contribution in [0.15, 0.2) is 53.3 Å². The zero-order valence-electron chi connectivity index (χ0n) is 16.0. The number of rotatable bonds is 5. The fourth-order valence-electron chi connectivity index (χ4n) is 2.88. The molecule has 29 heavy (non-hydrogen) atoms. The molecular weight excluding hydrogens is 378 g/mol. The summed E-state index contributed by atoms with van der Waals surface area (Å²) in [5.74, 6) is 0.126. The Bertz CT molecular complexity index is 1130. The number of hydrogen-bond donors (Lipinski definition) is 2. The van der Waals surface area contributed by atoms with E-state index in [1.165, 1.54) is 30.0 Å². The topological polar surface area (TPSA) is 120 Å². The van der Waals surface area contributed by atoms with Gasteiger partial charge in [0.05, 0.1) is 35.2 Å². The number of anilines is 2. The normalized spacial score (nSPS) is 10.4. The van der Waals surface area contributed by atoms with Crippen molar-refractivity contribution in [3.05, 3.63) is 74.7 Å². The minimum Gasteiger partial charge on any atom is -0.494 e. The van der Waals surface area contributed by atoms with Gasteiger partial charge in [0.15, 0.2) is 0 Å². The van der Waals surface area contributed by atoms with Crippen LogP contribution < -0.4 is 20.9 Å². The molecule has 0 aliphatic rings. The van der Waals surface area contributed by atoms with Gasteiger partial charge in [-0.05, 0) is 25.1 Å². The average Bonchev–Trinajstić information content (AvgIpc) is 2.92. The molecule has 2 amide bonds. The van der Waals surface area contributed by atoms with Crippen LogP contribution in [0.1, 0.15) is 5.69 Å². The highest BCUT2D eigenvalue weighted by molar-refractivity contribution is 6.01. The number of carbonyl (C=O) groups is 1. The average molecular weight is 397 g/mol. The van der Waals surface area contributed by atoms with Crippen molar-refractivity contribution < 1.29 is 14.5 Å². The minimum atomic E-state index is -0.678. The van der Waals surface area contributed by atoms with Crippen molar-refractivity contribution in [3.8, 4) is 11.4 Å². The number of ether oxygens (including phenoxy) is 1. The number of para-hydroxylation sites is 1. The first-order valence-electron chi connectivity index (χ1n) is 8.58. The van der Waals surface area contributed by atoms with E-state index in [-0.39, 0.29) is 28.4 Å². The van der Waals surface area contributed by atoms with Gasteiger partial charge in [-0.15, -0.1) is 0 Å². The van der Waals surface area contributed by atoms with Crippen LogP contribution in [0.25, 0.3) is 5.69 Å². The van der Waals surface area contributed by atoms with Crippen molar-refractivity contribution in [1.29, 1.82) is 0 Å². The Morgan fingerprint density at radius 3 is 2.45 bits per heavy atom. The van der Waals surface area contributed by atoms with Crippen LogP contribution in [0.2, 0.25) is 0 Å². The number of nitrogens with zero attached hydrogens (tertiary/aromatic N) is 3.